The SMILES string of the molecule is CC(C)c1nc(N(C)C(C)C2CC2)sc1CO. The minimum Gasteiger partial charge on any atom is -0.391 e. The van der Waals surface area contributed by atoms with Gasteiger partial charge < -0.3 is 10.0 Å². The first-order valence-corrected chi connectivity index (χ1v) is 7.19. The molecule has 0 spiro atoms. The Morgan fingerprint density at radius 1 is 1.41 bits per heavy atom. The maximum Gasteiger partial charge on any atom is 0.185 e. The first-order valence-electron chi connectivity index (χ1n) is 6.37. The van der Waals surface area contributed by atoms with E-state index in [2.05, 4.69) is 32.7 Å². The number of aromatic nitrogens is 1. The molecule has 1 aromatic heterocycles. The second-order valence-corrected chi connectivity index (χ2v) is 6.37. The molecule has 1 aliphatic carbocycles. The highest BCUT2D eigenvalue weighted by atomic mass is 32.1. The summed E-state index contributed by atoms with van der Waals surface area (Å²) in [7, 11) is 2.12. The molecule has 17 heavy (non-hydrogen) atoms. The summed E-state index contributed by atoms with van der Waals surface area (Å²) in [5.74, 6) is 1.22. The van der Waals surface area contributed by atoms with E-state index in [1.165, 1.54) is 12.8 Å². The van der Waals surface area contributed by atoms with Crippen LogP contribution in [0.2, 0.25) is 0 Å². The Balaban J connectivity index is 2.19. The van der Waals surface area contributed by atoms with Crippen molar-refractivity contribution in [3.63, 3.8) is 0 Å². The molecule has 0 radical (unpaired) electrons. The third kappa shape index (κ3) is 2.63. The fourth-order valence-electron chi connectivity index (χ4n) is 2.13. The third-order valence-corrected chi connectivity index (χ3v) is 4.77. The molecule has 0 aromatic carbocycles. The Labute approximate surface area is 107 Å². The quantitative estimate of drug-likeness (QED) is 0.877. The van der Waals surface area contributed by atoms with E-state index < -0.39 is 0 Å². The van der Waals surface area contributed by atoms with E-state index in [1.54, 1.807) is 11.3 Å². The molecule has 1 aromatic rings. The summed E-state index contributed by atoms with van der Waals surface area (Å²) in [6.07, 6.45) is 2.70. The molecule has 1 atom stereocenters. The molecule has 0 saturated heterocycles. The fourth-order valence-corrected chi connectivity index (χ4v) is 3.26. The van der Waals surface area contributed by atoms with Gasteiger partial charge in [-0.1, -0.05) is 25.2 Å². The van der Waals surface area contributed by atoms with Gasteiger partial charge >= 0.3 is 0 Å². The Morgan fingerprint density at radius 2 is 2.06 bits per heavy atom. The second kappa shape index (κ2) is 4.94. The highest BCUT2D eigenvalue weighted by Crippen LogP contribution is 2.38. The number of rotatable bonds is 5. The van der Waals surface area contributed by atoms with Crippen molar-refractivity contribution >= 4 is 16.5 Å². The van der Waals surface area contributed by atoms with Crippen LogP contribution in [0.5, 0.6) is 0 Å². The summed E-state index contributed by atoms with van der Waals surface area (Å²) >= 11 is 1.63. The second-order valence-electron chi connectivity index (χ2n) is 5.31. The predicted octanol–water partition coefficient (Wildman–Crippen LogP) is 2.99. The van der Waals surface area contributed by atoms with E-state index in [1.807, 2.05) is 0 Å². The van der Waals surface area contributed by atoms with Crippen LogP contribution >= 0.6 is 11.3 Å². The molecule has 0 amide bonds. The van der Waals surface area contributed by atoms with Crippen LogP contribution in [0, 0.1) is 5.92 Å². The van der Waals surface area contributed by atoms with Crippen LogP contribution in [0.15, 0.2) is 0 Å². The van der Waals surface area contributed by atoms with Crippen LogP contribution in [0.4, 0.5) is 5.13 Å². The van der Waals surface area contributed by atoms with Crippen LogP contribution in [0.25, 0.3) is 0 Å². The molecule has 4 heteroatoms. The highest BCUT2D eigenvalue weighted by molar-refractivity contribution is 7.15. The van der Waals surface area contributed by atoms with E-state index in [4.69, 9.17) is 4.98 Å². The number of nitrogens with zero attached hydrogens (tertiary/aromatic N) is 2. The lowest BCUT2D eigenvalue weighted by atomic mass is 10.1. The van der Waals surface area contributed by atoms with E-state index in [0.717, 1.165) is 21.6 Å². The van der Waals surface area contributed by atoms with Crippen molar-refractivity contribution < 1.29 is 5.11 Å². The number of aliphatic hydroxyl groups excluding tert-OH is 1. The third-order valence-electron chi connectivity index (χ3n) is 3.62. The summed E-state index contributed by atoms with van der Waals surface area (Å²) in [5, 5.41) is 10.4. The van der Waals surface area contributed by atoms with E-state index in [-0.39, 0.29) is 6.61 Å². The smallest absolute Gasteiger partial charge is 0.185 e. The average molecular weight is 254 g/mol. The Morgan fingerprint density at radius 3 is 2.47 bits per heavy atom. The Kier molecular flexibility index (Phi) is 3.73. The predicted molar refractivity (Wildman–Crippen MR) is 72.7 cm³/mol. The van der Waals surface area contributed by atoms with Crippen LogP contribution in [-0.2, 0) is 6.61 Å². The number of anilines is 1. The molecule has 1 N–H and O–H groups in total. The Bertz CT molecular complexity index is 385. The molecule has 1 saturated carbocycles. The van der Waals surface area contributed by atoms with Gasteiger partial charge in [0, 0.05) is 13.1 Å². The summed E-state index contributed by atoms with van der Waals surface area (Å²) in [4.78, 5) is 7.99. The molecular formula is C13H22N2OS. The molecule has 1 fully saturated rings. The molecule has 96 valence electrons. The van der Waals surface area contributed by atoms with Crippen molar-refractivity contribution in [2.24, 2.45) is 5.92 Å². The fraction of sp³-hybridized carbons (Fsp3) is 0.769. The number of hydrogen-bond donors (Lipinski definition) is 1. The molecule has 1 unspecified atom stereocenters. The van der Waals surface area contributed by atoms with E-state index in [0.29, 0.717) is 12.0 Å². The van der Waals surface area contributed by atoms with Gasteiger partial charge in [-0.3, -0.25) is 0 Å². The van der Waals surface area contributed by atoms with Crippen molar-refractivity contribution in [3.05, 3.63) is 10.6 Å². The lowest BCUT2D eigenvalue weighted by Gasteiger charge is -2.24. The van der Waals surface area contributed by atoms with Gasteiger partial charge in [0.1, 0.15) is 0 Å². The summed E-state index contributed by atoms with van der Waals surface area (Å²) in [5.41, 5.74) is 1.06. The summed E-state index contributed by atoms with van der Waals surface area (Å²) < 4.78 is 0. The van der Waals surface area contributed by atoms with Crippen LogP contribution in [0.3, 0.4) is 0 Å². The largest absolute Gasteiger partial charge is 0.391 e. The van der Waals surface area contributed by atoms with E-state index >= 15 is 0 Å². The van der Waals surface area contributed by atoms with Crippen molar-refractivity contribution in [1.29, 1.82) is 0 Å². The van der Waals surface area contributed by atoms with Gasteiger partial charge in [0.2, 0.25) is 0 Å². The zero-order valence-electron chi connectivity index (χ0n) is 11.1. The minimum atomic E-state index is 0.108. The first kappa shape index (κ1) is 12.8. The number of hydrogen-bond acceptors (Lipinski definition) is 4. The normalized spacial score (nSPS) is 17.5. The standard InChI is InChI=1S/C13H22N2OS/c1-8(2)12-11(7-16)17-13(14-12)15(4)9(3)10-5-6-10/h8-10,16H,5-7H2,1-4H3. The molecule has 1 aliphatic rings. The molecule has 1 heterocycles. The first-order chi connectivity index (χ1) is 8.04. The molecule has 2 rings (SSSR count). The van der Waals surface area contributed by atoms with Gasteiger partial charge in [-0.25, -0.2) is 4.98 Å². The zero-order chi connectivity index (χ0) is 12.6. The molecule has 3 nitrogen and oxygen atoms in total. The van der Waals surface area contributed by atoms with Gasteiger partial charge in [-0.05, 0) is 31.6 Å². The van der Waals surface area contributed by atoms with Crippen molar-refractivity contribution in [1.82, 2.24) is 4.98 Å². The number of thiazole rings is 1. The minimum absolute atomic E-state index is 0.108. The molecular weight excluding hydrogens is 232 g/mol. The Hall–Kier alpha value is -0.610. The van der Waals surface area contributed by atoms with Crippen molar-refractivity contribution in [3.8, 4) is 0 Å². The maximum absolute atomic E-state index is 9.37. The van der Waals surface area contributed by atoms with Gasteiger partial charge in [-0.2, -0.15) is 0 Å². The van der Waals surface area contributed by atoms with Crippen LogP contribution in [-0.4, -0.2) is 23.2 Å². The highest BCUT2D eigenvalue weighted by Gasteiger charge is 2.32. The van der Waals surface area contributed by atoms with Gasteiger partial charge in [0.25, 0.3) is 0 Å². The van der Waals surface area contributed by atoms with Gasteiger partial charge in [0.15, 0.2) is 5.13 Å². The van der Waals surface area contributed by atoms with E-state index in [9.17, 15) is 5.11 Å². The zero-order valence-corrected chi connectivity index (χ0v) is 11.9. The van der Waals surface area contributed by atoms with Crippen molar-refractivity contribution in [2.75, 3.05) is 11.9 Å². The van der Waals surface area contributed by atoms with Crippen LogP contribution < -0.4 is 4.90 Å². The average Bonchev–Trinajstić information content (AvgIpc) is 3.05. The van der Waals surface area contributed by atoms with Crippen LogP contribution in [0.1, 0.15) is 50.1 Å². The monoisotopic (exact) mass is 254 g/mol. The topological polar surface area (TPSA) is 36.4 Å². The molecule has 0 aliphatic heterocycles. The molecule has 0 bridgehead atoms. The summed E-state index contributed by atoms with van der Waals surface area (Å²) in [6, 6.07) is 0.563. The van der Waals surface area contributed by atoms with Gasteiger partial charge in [0.05, 0.1) is 17.2 Å². The lowest BCUT2D eigenvalue weighted by Crippen LogP contribution is -2.30. The number of aliphatic hydroxyl groups is 1. The van der Waals surface area contributed by atoms with Crippen molar-refractivity contribution in [2.45, 2.75) is 52.2 Å². The maximum atomic E-state index is 9.37. The summed E-state index contributed by atoms with van der Waals surface area (Å²) in [6.45, 7) is 6.63. The lowest BCUT2D eigenvalue weighted by molar-refractivity contribution is 0.283. The van der Waals surface area contributed by atoms with Gasteiger partial charge in [-0.15, -0.1) is 0 Å².